The van der Waals surface area contributed by atoms with Gasteiger partial charge < -0.3 is 10.1 Å². The molecule has 146 valence electrons. The van der Waals surface area contributed by atoms with E-state index in [4.69, 9.17) is 27.9 Å². The minimum atomic E-state index is -0.570. The number of benzene rings is 1. The van der Waals surface area contributed by atoms with E-state index in [0.717, 1.165) is 18.7 Å². The molecule has 8 heteroatoms. The molecule has 0 amide bonds. The molecule has 1 aromatic carbocycles. The number of nitrogens with one attached hydrogen (secondary N) is 1. The predicted molar refractivity (Wildman–Crippen MR) is 109 cm³/mol. The van der Waals surface area contributed by atoms with E-state index >= 15 is 0 Å². The Kier molecular flexibility index (Phi) is 8.28. The van der Waals surface area contributed by atoms with Crippen LogP contribution in [-0.2, 0) is 4.74 Å². The van der Waals surface area contributed by atoms with Crippen molar-refractivity contribution < 1.29 is 9.53 Å². The maximum atomic E-state index is 12.0. The molecule has 0 aliphatic heterocycles. The Balaban J connectivity index is 2.23. The smallest absolute Gasteiger partial charge is 0.358 e. The first-order valence-electron chi connectivity index (χ1n) is 8.93. The minimum Gasteiger partial charge on any atom is -0.461 e. The van der Waals surface area contributed by atoms with Gasteiger partial charge in [0.15, 0.2) is 5.69 Å². The van der Waals surface area contributed by atoms with Crippen molar-refractivity contribution in [3.63, 3.8) is 0 Å². The number of carbonyl (C=O) groups is 1. The average Bonchev–Trinajstić information content (AvgIpc) is 2.67. The first kappa shape index (κ1) is 21.4. The van der Waals surface area contributed by atoms with Crippen LogP contribution in [0.15, 0.2) is 30.5 Å². The molecule has 0 spiro atoms. The molecule has 0 radical (unpaired) electrons. The summed E-state index contributed by atoms with van der Waals surface area (Å²) in [4.78, 5) is 22.6. The van der Waals surface area contributed by atoms with Gasteiger partial charge in [-0.1, -0.05) is 55.2 Å². The van der Waals surface area contributed by atoms with Crippen molar-refractivity contribution >= 4 is 35.1 Å². The Morgan fingerprint density at radius 1 is 1.19 bits per heavy atom. The normalized spacial score (nSPS) is 12.1. The molecular weight excluding hydrogens is 387 g/mol. The van der Waals surface area contributed by atoms with Crippen LogP contribution in [0.4, 0.5) is 5.95 Å². The van der Waals surface area contributed by atoms with Crippen LogP contribution < -0.4 is 5.32 Å². The van der Waals surface area contributed by atoms with E-state index in [1.54, 1.807) is 6.92 Å². The second-order valence-electron chi connectivity index (χ2n) is 5.75. The quantitative estimate of drug-likeness (QED) is 0.615. The number of carbonyl (C=O) groups excluding carboxylic acids is 1. The van der Waals surface area contributed by atoms with E-state index in [0.29, 0.717) is 17.5 Å². The summed E-state index contributed by atoms with van der Waals surface area (Å²) in [7, 11) is 0. The fourth-order valence-electron chi connectivity index (χ4n) is 2.83. The van der Waals surface area contributed by atoms with Gasteiger partial charge >= 0.3 is 5.97 Å². The Bertz CT molecular complexity index is 769. The van der Waals surface area contributed by atoms with E-state index in [1.165, 1.54) is 6.20 Å². The molecule has 27 heavy (non-hydrogen) atoms. The topological polar surface area (TPSA) is 67.3 Å². The summed E-state index contributed by atoms with van der Waals surface area (Å²) >= 11 is 12.4. The second kappa shape index (κ2) is 10.4. The van der Waals surface area contributed by atoms with Crippen LogP contribution in [0.2, 0.25) is 10.0 Å². The highest BCUT2D eigenvalue weighted by Gasteiger charge is 2.21. The Hall–Kier alpha value is -1.89. The number of likely N-dealkylation sites (N-methyl/N-ethyl adjacent to an activating group) is 1. The van der Waals surface area contributed by atoms with Gasteiger partial charge in [-0.15, -0.1) is 0 Å². The molecule has 0 aliphatic rings. The zero-order valence-corrected chi connectivity index (χ0v) is 17.2. The molecule has 1 heterocycles. The third-order valence-electron chi connectivity index (χ3n) is 4.18. The lowest BCUT2D eigenvalue weighted by Gasteiger charge is -2.31. The fraction of sp³-hybridized carbons (Fsp3) is 0.421. The summed E-state index contributed by atoms with van der Waals surface area (Å²) in [6.07, 6.45) is 1.39. The molecule has 1 unspecified atom stereocenters. The Morgan fingerprint density at radius 2 is 1.89 bits per heavy atom. The highest BCUT2D eigenvalue weighted by atomic mass is 35.5. The second-order valence-corrected chi connectivity index (χ2v) is 6.56. The summed E-state index contributed by atoms with van der Waals surface area (Å²) < 4.78 is 4.98. The van der Waals surface area contributed by atoms with Crippen LogP contribution in [0.5, 0.6) is 0 Å². The number of hydrogen-bond donors (Lipinski definition) is 1. The third-order valence-corrected chi connectivity index (χ3v) is 4.80. The summed E-state index contributed by atoms with van der Waals surface area (Å²) in [6.45, 7) is 8.43. The summed E-state index contributed by atoms with van der Waals surface area (Å²) in [5.74, 6) is -0.258. The largest absolute Gasteiger partial charge is 0.461 e. The monoisotopic (exact) mass is 410 g/mol. The predicted octanol–water partition coefficient (Wildman–Crippen LogP) is 4.46. The van der Waals surface area contributed by atoms with Crippen molar-refractivity contribution in [3.05, 3.63) is 51.8 Å². The van der Waals surface area contributed by atoms with E-state index in [9.17, 15) is 4.79 Å². The van der Waals surface area contributed by atoms with E-state index in [1.807, 2.05) is 24.3 Å². The molecule has 6 nitrogen and oxygen atoms in total. The number of halogens is 2. The lowest BCUT2D eigenvalue weighted by Crippen LogP contribution is -2.33. The van der Waals surface area contributed by atoms with Crippen molar-refractivity contribution in [2.24, 2.45) is 0 Å². The van der Waals surface area contributed by atoms with Crippen LogP contribution in [0.1, 0.15) is 42.9 Å². The van der Waals surface area contributed by atoms with Crippen LogP contribution in [0.3, 0.4) is 0 Å². The van der Waals surface area contributed by atoms with Gasteiger partial charge in [0.2, 0.25) is 5.95 Å². The molecule has 0 aliphatic carbocycles. The third kappa shape index (κ3) is 5.54. The van der Waals surface area contributed by atoms with Crippen LogP contribution in [-0.4, -0.2) is 47.1 Å². The van der Waals surface area contributed by atoms with Crippen molar-refractivity contribution in [1.29, 1.82) is 0 Å². The van der Waals surface area contributed by atoms with Crippen LogP contribution >= 0.6 is 23.2 Å². The Morgan fingerprint density at radius 3 is 2.52 bits per heavy atom. The molecule has 1 atom stereocenters. The van der Waals surface area contributed by atoms with Gasteiger partial charge in [0, 0.05) is 11.6 Å². The molecule has 1 N–H and O–H groups in total. The lowest BCUT2D eigenvalue weighted by atomic mass is 10.0. The number of nitrogens with zero attached hydrogens (tertiary/aromatic N) is 3. The average molecular weight is 411 g/mol. The summed E-state index contributed by atoms with van der Waals surface area (Å²) in [5.41, 5.74) is 1.07. The van der Waals surface area contributed by atoms with Gasteiger partial charge in [-0.25, -0.2) is 14.8 Å². The van der Waals surface area contributed by atoms with Gasteiger partial charge in [-0.2, -0.15) is 0 Å². The molecule has 0 saturated carbocycles. The van der Waals surface area contributed by atoms with Crippen LogP contribution in [0, 0.1) is 0 Å². The Labute approximate surface area is 169 Å². The molecule has 0 saturated heterocycles. The number of aromatic nitrogens is 2. The summed E-state index contributed by atoms with van der Waals surface area (Å²) in [5, 5.41) is 4.06. The van der Waals surface area contributed by atoms with E-state index < -0.39 is 5.97 Å². The molecule has 2 rings (SSSR count). The number of anilines is 1. The molecule has 2 aromatic rings. The molecule has 0 fully saturated rings. The van der Waals surface area contributed by atoms with Crippen molar-refractivity contribution in [2.45, 2.75) is 26.8 Å². The maximum absolute atomic E-state index is 12.0. The highest BCUT2D eigenvalue weighted by Crippen LogP contribution is 2.27. The molecular formula is C19H24Cl2N4O2. The minimum absolute atomic E-state index is 0.0269. The van der Waals surface area contributed by atoms with Gasteiger partial charge in [-0.3, -0.25) is 4.90 Å². The SMILES string of the molecule is CCOC(=O)c1nc(NCC(c2ccccc2Cl)N(CC)CC)ncc1Cl. The highest BCUT2D eigenvalue weighted by molar-refractivity contribution is 6.33. The van der Waals surface area contributed by atoms with Crippen molar-refractivity contribution in [2.75, 3.05) is 31.6 Å². The maximum Gasteiger partial charge on any atom is 0.358 e. The van der Waals surface area contributed by atoms with E-state index in [2.05, 4.69) is 34.0 Å². The number of hydrogen-bond acceptors (Lipinski definition) is 6. The first-order valence-corrected chi connectivity index (χ1v) is 9.69. The van der Waals surface area contributed by atoms with Crippen molar-refractivity contribution in [1.82, 2.24) is 14.9 Å². The zero-order chi connectivity index (χ0) is 19.8. The van der Waals surface area contributed by atoms with Gasteiger partial charge in [-0.05, 0) is 31.6 Å². The zero-order valence-electron chi connectivity index (χ0n) is 15.7. The number of rotatable bonds is 9. The molecule has 0 bridgehead atoms. The number of esters is 1. The van der Waals surface area contributed by atoms with E-state index in [-0.39, 0.29) is 23.4 Å². The van der Waals surface area contributed by atoms with Crippen molar-refractivity contribution in [3.8, 4) is 0 Å². The van der Waals surface area contributed by atoms with Gasteiger partial charge in [0.1, 0.15) is 0 Å². The fourth-order valence-corrected chi connectivity index (χ4v) is 3.26. The summed E-state index contributed by atoms with van der Waals surface area (Å²) in [6, 6.07) is 7.80. The van der Waals surface area contributed by atoms with Gasteiger partial charge in [0.25, 0.3) is 0 Å². The first-order chi connectivity index (χ1) is 13.0. The lowest BCUT2D eigenvalue weighted by molar-refractivity contribution is 0.0519. The molecule has 1 aromatic heterocycles. The van der Waals surface area contributed by atoms with Gasteiger partial charge in [0.05, 0.1) is 23.9 Å². The van der Waals surface area contributed by atoms with Crippen LogP contribution in [0.25, 0.3) is 0 Å². The number of ether oxygens (including phenoxy) is 1. The standard InChI is InChI=1S/C19H24Cl2N4O2/c1-4-25(5-2)16(13-9-7-8-10-14(13)20)12-23-19-22-11-15(21)17(24-19)18(26)27-6-3/h7-11,16H,4-6,12H2,1-3H3,(H,22,23,24).